The fraction of sp³-hybridized carbons (Fsp3) is 0.900. The van der Waals surface area contributed by atoms with Crippen LogP contribution >= 0.6 is 15.9 Å². The molecule has 2 atom stereocenters. The Hall–Kier alpha value is -0.0900. The number of carbonyl (C=O) groups excluding carboxylic acids is 1. The van der Waals surface area contributed by atoms with Crippen LogP contribution in [-0.4, -0.2) is 29.0 Å². The van der Waals surface area contributed by atoms with Gasteiger partial charge in [-0.1, -0.05) is 15.9 Å². The molecule has 1 saturated carbocycles. The molecule has 0 aromatic rings. The predicted molar refractivity (Wildman–Crippen MR) is 57.5 cm³/mol. The van der Waals surface area contributed by atoms with E-state index in [-0.39, 0.29) is 23.7 Å². The van der Waals surface area contributed by atoms with Gasteiger partial charge in [-0.15, -0.1) is 0 Å². The highest BCUT2D eigenvalue weighted by molar-refractivity contribution is 9.09. The summed E-state index contributed by atoms with van der Waals surface area (Å²) >= 11 is 3.43. The van der Waals surface area contributed by atoms with Gasteiger partial charge in [0.15, 0.2) is 0 Å². The predicted octanol–water partition coefficient (Wildman–Crippen LogP) is 1.60. The molecule has 4 heteroatoms. The highest BCUT2D eigenvalue weighted by atomic mass is 79.9. The Bertz CT molecular complexity index is 240. The van der Waals surface area contributed by atoms with Crippen molar-refractivity contribution in [2.75, 3.05) is 5.33 Å². The van der Waals surface area contributed by atoms with Gasteiger partial charge in [0.25, 0.3) is 0 Å². The molecule has 1 aliphatic carbocycles. The van der Waals surface area contributed by atoms with E-state index in [4.69, 9.17) is 4.74 Å². The lowest BCUT2D eigenvalue weighted by molar-refractivity contribution is -0.132. The lowest BCUT2D eigenvalue weighted by atomic mass is 10.2. The van der Waals surface area contributed by atoms with Crippen LogP contribution in [0.4, 0.5) is 0 Å². The van der Waals surface area contributed by atoms with Gasteiger partial charge in [-0.3, -0.25) is 4.79 Å². The molecule has 80 valence electrons. The molecule has 1 saturated heterocycles. The lowest BCUT2D eigenvalue weighted by Crippen LogP contribution is -2.43. The second kappa shape index (κ2) is 3.81. The summed E-state index contributed by atoms with van der Waals surface area (Å²) in [5.41, 5.74) is 0.0479. The number of carbonyl (C=O) groups is 1. The number of halogens is 1. The summed E-state index contributed by atoms with van der Waals surface area (Å²) in [6, 6.07) is 0. The van der Waals surface area contributed by atoms with Crippen LogP contribution in [0.25, 0.3) is 0 Å². The quantitative estimate of drug-likeness (QED) is 0.784. The van der Waals surface area contributed by atoms with E-state index < -0.39 is 0 Å². The molecule has 0 aromatic carbocycles. The van der Waals surface area contributed by atoms with Crippen molar-refractivity contribution in [2.24, 2.45) is 0 Å². The van der Waals surface area contributed by atoms with Gasteiger partial charge in [-0.25, -0.2) is 0 Å². The van der Waals surface area contributed by atoms with E-state index in [1.54, 1.807) is 0 Å². The summed E-state index contributed by atoms with van der Waals surface area (Å²) in [6.45, 7) is 2.02. The number of alkyl halides is 1. The van der Waals surface area contributed by atoms with Crippen molar-refractivity contribution in [3.63, 3.8) is 0 Å². The molecule has 1 heterocycles. The highest BCUT2D eigenvalue weighted by Gasteiger charge is 2.44. The molecule has 1 aliphatic heterocycles. The Balaban J connectivity index is 1.84. The van der Waals surface area contributed by atoms with Gasteiger partial charge >= 0.3 is 0 Å². The molecular formula is C10H16BrNO2. The zero-order chi connectivity index (χ0) is 10.2. The third kappa shape index (κ3) is 2.11. The SMILES string of the molecule is CC1CCC(C(=O)NC2(CBr)CC2)O1. The van der Waals surface area contributed by atoms with E-state index in [1.165, 1.54) is 0 Å². The standard InChI is InChI=1S/C10H16BrNO2/c1-7-2-3-8(14-7)9(13)12-10(6-11)4-5-10/h7-8H,2-6H2,1H3,(H,12,13). The Morgan fingerprint density at radius 1 is 1.57 bits per heavy atom. The van der Waals surface area contributed by atoms with Crippen LogP contribution in [0, 0.1) is 0 Å². The molecule has 2 fully saturated rings. The molecule has 0 radical (unpaired) electrons. The van der Waals surface area contributed by atoms with Crippen LogP contribution < -0.4 is 5.32 Å². The smallest absolute Gasteiger partial charge is 0.249 e. The van der Waals surface area contributed by atoms with Crippen molar-refractivity contribution in [1.82, 2.24) is 5.32 Å². The molecule has 1 N–H and O–H groups in total. The van der Waals surface area contributed by atoms with Gasteiger partial charge in [-0.2, -0.15) is 0 Å². The van der Waals surface area contributed by atoms with Crippen molar-refractivity contribution in [3.8, 4) is 0 Å². The van der Waals surface area contributed by atoms with Crippen LogP contribution in [0.1, 0.15) is 32.6 Å². The zero-order valence-electron chi connectivity index (χ0n) is 8.38. The largest absolute Gasteiger partial charge is 0.365 e. The summed E-state index contributed by atoms with van der Waals surface area (Å²) in [4.78, 5) is 11.7. The first-order chi connectivity index (χ1) is 6.65. The Kier molecular flexibility index (Phi) is 2.84. The minimum atomic E-state index is -0.207. The maximum Gasteiger partial charge on any atom is 0.249 e. The normalized spacial score (nSPS) is 34.1. The van der Waals surface area contributed by atoms with Gasteiger partial charge in [0.05, 0.1) is 6.10 Å². The van der Waals surface area contributed by atoms with Crippen LogP contribution in [0.5, 0.6) is 0 Å². The average molecular weight is 262 g/mol. The van der Waals surface area contributed by atoms with Gasteiger partial charge in [0.2, 0.25) is 5.91 Å². The highest BCUT2D eigenvalue weighted by Crippen LogP contribution is 2.37. The van der Waals surface area contributed by atoms with Crippen molar-refractivity contribution in [3.05, 3.63) is 0 Å². The maximum atomic E-state index is 11.7. The van der Waals surface area contributed by atoms with Crippen LogP contribution in [-0.2, 0) is 9.53 Å². The number of amides is 1. The van der Waals surface area contributed by atoms with E-state index >= 15 is 0 Å². The second-order valence-corrected chi connectivity index (χ2v) is 4.98. The third-order valence-electron chi connectivity index (χ3n) is 3.02. The van der Waals surface area contributed by atoms with E-state index in [2.05, 4.69) is 21.2 Å². The molecule has 2 rings (SSSR count). The summed E-state index contributed by atoms with van der Waals surface area (Å²) < 4.78 is 5.51. The molecule has 2 unspecified atom stereocenters. The monoisotopic (exact) mass is 261 g/mol. The van der Waals surface area contributed by atoms with Gasteiger partial charge in [0, 0.05) is 10.9 Å². The van der Waals surface area contributed by atoms with Crippen LogP contribution in [0.15, 0.2) is 0 Å². The molecular weight excluding hydrogens is 246 g/mol. The number of hydrogen-bond acceptors (Lipinski definition) is 2. The van der Waals surface area contributed by atoms with E-state index in [0.717, 1.165) is 31.0 Å². The van der Waals surface area contributed by atoms with Crippen molar-refractivity contribution in [1.29, 1.82) is 0 Å². The minimum Gasteiger partial charge on any atom is -0.365 e. The Morgan fingerprint density at radius 2 is 2.29 bits per heavy atom. The summed E-state index contributed by atoms with van der Waals surface area (Å²) in [5.74, 6) is 0.0753. The summed E-state index contributed by atoms with van der Waals surface area (Å²) in [7, 11) is 0. The number of hydrogen-bond donors (Lipinski definition) is 1. The third-order valence-corrected chi connectivity index (χ3v) is 4.10. The molecule has 3 nitrogen and oxygen atoms in total. The lowest BCUT2D eigenvalue weighted by Gasteiger charge is -2.17. The Morgan fingerprint density at radius 3 is 2.71 bits per heavy atom. The second-order valence-electron chi connectivity index (χ2n) is 4.42. The molecule has 0 bridgehead atoms. The van der Waals surface area contributed by atoms with E-state index in [0.29, 0.717) is 0 Å². The van der Waals surface area contributed by atoms with Crippen LogP contribution in [0.2, 0.25) is 0 Å². The first-order valence-electron chi connectivity index (χ1n) is 5.19. The van der Waals surface area contributed by atoms with Crippen molar-refractivity contribution >= 4 is 21.8 Å². The Labute approximate surface area is 92.7 Å². The van der Waals surface area contributed by atoms with Crippen LogP contribution in [0.3, 0.4) is 0 Å². The number of rotatable bonds is 3. The van der Waals surface area contributed by atoms with Gasteiger partial charge in [0.1, 0.15) is 6.10 Å². The number of ether oxygens (including phenoxy) is 1. The minimum absolute atomic E-state index is 0.0479. The molecule has 0 spiro atoms. The van der Waals surface area contributed by atoms with Gasteiger partial charge in [-0.05, 0) is 32.6 Å². The topological polar surface area (TPSA) is 38.3 Å². The average Bonchev–Trinajstić information content (AvgIpc) is 2.80. The van der Waals surface area contributed by atoms with E-state index in [9.17, 15) is 4.79 Å². The fourth-order valence-electron chi connectivity index (χ4n) is 1.78. The summed E-state index contributed by atoms with van der Waals surface area (Å²) in [6.07, 6.45) is 4.08. The van der Waals surface area contributed by atoms with Crippen molar-refractivity contribution in [2.45, 2.75) is 50.4 Å². The summed E-state index contributed by atoms with van der Waals surface area (Å²) in [5, 5.41) is 3.92. The number of nitrogens with one attached hydrogen (secondary N) is 1. The van der Waals surface area contributed by atoms with Crippen molar-refractivity contribution < 1.29 is 9.53 Å². The first kappa shape index (κ1) is 10.4. The molecule has 1 amide bonds. The molecule has 0 aromatic heterocycles. The zero-order valence-corrected chi connectivity index (χ0v) is 9.97. The maximum absolute atomic E-state index is 11.7. The molecule has 2 aliphatic rings. The fourth-order valence-corrected chi connectivity index (χ4v) is 2.48. The first-order valence-corrected chi connectivity index (χ1v) is 6.31. The van der Waals surface area contributed by atoms with Gasteiger partial charge < -0.3 is 10.1 Å². The van der Waals surface area contributed by atoms with E-state index in [1.807, 2.05) is 6.92 Å². The molecule has 14 heavy (non-hydrogen) atoms.